The monoisotopic (exact) mass is 393 g/mol. The molecule has 0 saturated heterocycles. The molecule has 3 aromatic carbocycles. The van der Waals surface area contributed by atoms with Crippen LogP contribution in [-0.4, -0.2) is 20.5 Å². The van der Waals surface area contributed by atoms with E-state index in [2.05, 4.69) is 15.2 Å². The summed E-state index contributed by atoms with van der Waals surface area (Å²) in [7, 11) is -3.75. The van der Waals surface area contributed by atoms with Crippen LogP contribution in [0.25, 0.3) is 0 Å². The molecule has 28 heavy (non-hydrogen) atoms. The van der Waals surface area contributed by atoms with Crippen LogP contribution in [0.3, 0.4) is 0 Å². The minimum Gasteiger partial charge on any atom is -0.449 e. The van der Waals surface area contributed by atoms with Gasteiger partial charge in [0.2, 0.25) is 22.1 Å². The van der Waals surface area contributed by atoms with Gasteiger partial charge in [0.15, 0.2) is 0 Å². The van der Waals surface area contributed by atoms with E-state index in [9.17, 15) is 8.42 Å². The van der Waals surface area contributed by atoms with E-state index < -0.39 is 22.3 Å². The quantitative estimate of drug-likeness (QED) is 0.675. The highest BCUT2D eigenvalue weighted by Gasteiger charge is 2.33. The summed E-state index contributed by atoms with van der Waals surface area (Å²) in [5, 5.41) is 4.25. The number of rotatable bonds is 6. The first-order chi connectivity index (χ1) is 13.6. The fourth-order valence-corrected chi connectivity index (χ4v) is 4.20. The highest BCUT2D eigenvalue weighted by molar-refractivity contribution is 7.89. The summed E-state index contributed by atoms with van der Waals surface area (Å²) in [6.07, 6.45) is -0.684. The van der Waals surface area contributed by atoms with E-state index in [1.807, 2.05) is 60.7 Å². The lowest BCUT2D eigenvalue weighted by molar-refractivity contribution is 0.148. The number of ether oxygens (including phenoxy) is 1. The zero-order valence-electron chi connectivity index (χ0n) is 14.9. The second-order valence-electron chi connectivity index (χ2n) is 6.27. The average Bonchev–Trinajstić information content (AvgIpc) is 3.24. The Kier molecular flexibility index (Phi) is 5.10. The van der Waals surface area contributed by atoms with Gasteiger partial charge in [0.25, 0.3) is 0 Å². The standard InChI is InChI=1S/C21H19N3O3S/c25-28(26,18-14-8-3-9-15-18)24-19(16-10-4-1-5-11-16)21-23-22-20(27-21)17-12-6-2-7-13-17/h1-15,19,21,23-24H. The molecule has 6 nitrogen and oxygen atoms in total. The Bertz CT molecular complexity index is 1060. The smallest absolute Gasteiger partial charge is 0.241 e. The van der Waals surface area contributed by atoms with E-state index in [0.717, 1.165) is 11.1 Å². The molecule has 2 N–H and O–H groups in total. The van der Waals surface area contributed by atoms with Gasteiger partial charge in [-0.25, -0.2) is 8.42 Å². The maximum Gasteiger partial charge on any atom is 0.241 e. The molecule has 4 rings (SSSR count). The van der Waals surface area contributed by atoms with E-state index in [1.54, 1.807) is 30.3 Å². The van der Waals surface area contributed by atoms with Crippen molar-refractivity contribution in [1.29, 1.82) is 0 Å². The Hall–Kier alpha value is -3.16. The molecule has 2 unspecified atom stereocenters. The van der Waals surface area contributed by atoms with Crippen LogP contribution < -0.4 is 10.1 Å². The Labute approximate surface area is 163 Å². The second-order valence-corrected chi connectivity index (χ2v) is 7.99. The fourth-order valence-electron chi connectivity index (χ4n) is 2.95. The number of sulfonamides is 1. The minimum absolute atomic E-state index is 0.193. The van der Waals surface area contributed by atoms with Crippen LogP contribution in [0.4, 0.5) is 0 Å². The Morgan fingerprint density at radius 2 is 1.43 bits per heavy atom. The summed E-state index contributed by atoms with van der Waals surface area (Å²) in [5.74, 6) is 0.422. The van der Waals surface area contributed by atoms with Gasteiger partial charge in [-0.3, -0.25) is 5.43 Å². The number of nitrogens with zero attached hydrogens (tertiary/aromatic N) is 1. The first-order valence-electron chi connectivity index (χ1n) is 8.81. The first-order valence-corrected chi connectivity index (χ1v) is 10.3. The molecule has 0 fully saturated rings. The lowest BCUT2D eigenvalue weighted by Crippen LogP contribution is -2.41. The zero-order chi connectivity index (χ0) is 19.4. The summed E-state index contributed by atoms with van der Waals surface area (Å²) in [6, 6.07) is 26.3. The van der Waals surface area contributed by atoms with Crippen molar-refractivity contribution in [3.63, 3.8) is 0 Å². The maximum atomic E-state index is 12.9. The van der Waals surface area contributed by atoms with Crippen LogP contribution in [0.2, 0.25) is 0 Å². The zero-order valence-corrected chi connectivity index (χ0v) is 15.7. The Morgan fingerprint density at radius 3 is 2.07 bits per heavy atom. The van der Waals surface area contributed by atoms with Crippen molar-refractivity contribution in [1.82, 2.24) is 10.1 Å². The third-order valence-corrected chi connectivity index (χ3v) is 5.81. The second kappa shape index (κ2) is 7.84. The van der Waals surface area contributed by atoms with Gasteiger partial charge in [-0.2, -0.15) is 4.72 Å². The molecule has 0 radical (unpaired) electrons. The van der Waals surface area contributed by atoms with Gasteiger partial charge in [0, 0.05) is 5.56 Å². The fraction of sp³-hybridized carbons (Fsp3) is 0.0952. The Morgan fingerprint density at radius 1 is 0.857 bits per heavy atom. The molecule has 0 aromatic heterocycles. The molecule has 1 aliphatic heterocycles. The molecule has 1 heterocycles. The number of hydrogen-bond donors (Lipinski definition) is 2. The van der Waals surface area contributed by atoms with Crippen molar-refractivity contribution in [2.75, 3.05) is 0 Å². The van der Waals surface area contributed by atoms with Crippen molar-refractivity contribution in [2.45, 2.75) is 17.2 Å². The van der Waals surface area contributed by atoms with Crippen molar-refractivity contribution < 1.29 is 13.2 Å². The van der Waals surface area contributed by atoms with E-state index in [-0.39, 0.29) is 4.90 Å². The molecule has 1 aliphatic rings. The molecule has 0 spiro atoms. The lowest BCUT2D eigenvalue weighted by Gasteiger charge is -2.24. The third kappa shape index (κ3) is 3.90. The molecule has 0 bridgehead atoms. The van der Waals surface area contributed by atoms with Crippen LogP contribution in [-0.2, 0) is 14.8 Å². The largest absolute Gasteiger partial charge is 0.449 e. The molecular weight excluding hydrogens is 374 g/mol. The number of hydrogen-bond acceptors (Lipinski definition) is 5. The first kappa shape index (κ1) is 18.2. The number of hydrazone groups is 1. The van der Waals surface area contributed by atoms with E-state index in [4.69, 9.17) is 4.74 Å². The van der Waals surface area contributed by atoms with Gasteiger partial charge in [-0.05, 0) is 29.8 Å². The molecular formula is C21H19N3O3S. The van der Waals surface area contributed by atoms with E-state index in [0.29, 0.717) is 5.90 Å². The Balaban J connectivity index is 1.61. The summed E-state index contributed by atoms with van der Waals surface area (Å²) in [6.45, 7) is 0. The van der Waals surface area contributed by atoms with Crippen LogP contribution in [0.15, 0.2) is 101 Å². The molecule has 142 valence electrons. The predicted molar refractivity (Wildman–Crippen MR) is 107 cm³/mol. The number of benzene rings is 3. The molecule has 0 aliphatic carbocycles. The summed E-state index contributed by atoms with van der Waals surface area (Å²) in [4.78, 5) is 0.193. The van der Waals surface area contributed by atoms with Crippen LogP contribution >= 0.6 is 0 Å². The van der Waals surface area contributed by atoms with Gasteiger partial charge in [0.05, 0.1) is 4.90 Å². The van der Waals surface area contributed by atoms with Gasteiger partial charge in [-0.15, -0.1) is 5.10 Å². The van der Waals surface area contributed by atoms with Crippen LogP contribution in [0, 0.1) is 0 Å². The van der Waals surface area contributed by atoms with Crippen molar-refractivity contribution >= 4 is 15.9 Å². The maximum absolute atomic E-state index is 12.9. The van der Waals surface area contributed by atoms with Crippen molar-refractivity contribution in [3.05, 3.63) is 102 Å². The number of nitrogens with one attached hydrogen (secondary N) is 2. The minimum atomic E-state index is -3.75. The molecule has 3 aromatic rings. The van der Waals surface area contributed by atoms with Crippen LogP contribution in [0.5, 0.6) is 0 Å². The molecule has 2 atom stereocenters. The predicted octanol–water partition coefficient (Wildman–Crippen LogP) is 3.01. The molecule has 7 heteroatoms. The summed E-state index contributed by atoms with van der Waals surface area (Å²) in [5.41, 5.74) is 4.50. The topological polar surface area (TPSA) is 79.8 Å². The normalized spacial score (nSPS) is 17.3. The van der Waals surface area contributed by atoms with Crippen molar-refractivity contribution in [3.8, 4) is 0 Å². The van der Waals surface area contributed by atoms with Crippen molar-refractivity contribution in [2.24, 2.45) is 5.10 Å². The SMILES string of the molecule is O=S(=O)(NC(c1ccccc1)C1NN=C(c2ccccc2)O1)c1ccccc1. The summed E-state index contributed by atoms with van der Waals surface area (Å²) >= 11 is 0. The lowest BCUT2D eigenvalue weighted by atomic mass is 10.1. The van der Waals surface area contributed by atoms with Gasteiger partial charge in [-0.1, -0.05) is 66.7 Å². The van der Waals surface area contributed by atoms with Crippen LogP contribution in [0.1, 0.15) is 17.2 Å². The molecule has 0 amide bonds. The van der Waals surface area contributed by atoms with E-state index >= 15 is 0 Å². The highest BCUT2D eigenvalue weighted by atomic mass is 32.2. The molecule has 0 saturated carbocycles. The van der Waals surface area contributed by atoms with Gasteiger partial charge >= 0.3 is 0 Å². The van der Waals surface area contributed by atoms with Gasteiger partial charge in [0.1, 0.15) is 6.04 Å². The summed E-state index contributed by atoms with van der Waals surface area (Å²) < 4.78 is 34.5. The van der Waals surface area contributed by atoms with Gasteiger partial charge < -0.3 is 4.74 Å². The van der Waals surface area contributed by atoms with E-state index in [1.165, 1.54) is 0 Å². The average molecular weight is 393 g/mol. The third-order valence-electron chi connectivity index (χ3n) is 4.35. The highest BCUT2D eigenvalue weighted by Crippen LogP contribution is 2.24.